The van der Waals surface area contributed by atoms with Gasteiger partial charge in [-0.1, -0.05) is 66.2 Å². The minimum atomic E-state index is -1.19. The molecule has 6 nitrogen and oxygen atoms in total. The maximum Gasteiger partial charge on any atom is 0.407 e. The van der Waals surface area contributed by atoms with Crippen molar-refractivity contribution in [3.63, 3.8) is 0 Å². The van der Waals surface area contributed by atoms with E-state index in [9.17, 15) is 15.0 Å². The Hall–Kier alpha value is -2.93. The monoisotopic (exact) mass is 452 g/mol. The summed E-state index contributed by atoms with van der Waals surface area (Å²) in [5.74, 6) is -0.0169. The summed E-state index contributed by atoms with van der Waals surface area (Å²) < 4.78 is 5.47. The summed E-state index contributed by atoms with van der Waals surface area (Å²) in [4.78, 5) is 16.3. The van der Waals surface area contributed by atoms with Crippen LogP contribution in [0.2, 0.25) is 5.15 Å². The van der Waals surface area contributed by atoms with Crippen molar-refractivity contribution in [2.75, 3.05) is 13.2 Å². The molecule has 4 rings (SSSR count). The third-order valence-electron chi connectivity index (χ3n) is 5.75. The second kappa shape index (κ2) is 9.69. The van der Waals surface area contributed by atoms with Crippen LogP contribution in [-0.2, 0) is 4.74 Å². The number of nitrogens with one attached hydrogen (secondary N) is 1. The van der Waals surface area contributed by atoms with Crippen molar-refractivity contribution < 1.29 is 19.7 Å². The standard InChI is InChI=1S/C25H25ClN2O4/c1-15-10-11-20(24(26)28-15)23(30)22(29)12-13-27-25(31)32-14-21-18-8-4-2-6-16(18)17-7-3-5-9-19(17)21/h2-11,21-23,29-30H,12-14H2,1H3,(H,27,31). The van der Waals surface area contributed by atoms with Crippen molar-refractivity contribution in [2.45, 2.75) is 31.5 Å². The lowest BCUT2D eigenvalue weighted by molar-refractivity contribution is 0.0135. The second-order valence-electron chi connectivity index (χ2n) is 7.89. The molecular formula is C25H25ClN2O4. The molecule has 2 atom stereocenters. The summed E-state index contributed by atoms with van der Waals surface area (Å²) in [6.45, 7) is 2.15. The Balaban J connectivity index is 1.29. The van der Waals surface area contributed by atoms with Gasteiger partial charge in [0, 0.05) is 23.7 Å². The van der Waals surface area contributed by atoms with E-state index in [1.165, 1.54) is 11.1 Å². The number of amides is 1. The van der Waals surface area contributed by atoms with Gasteiger partial charge in [-0.05, 0) is 41.7 Å². The van der Waals surface area contributed by atoms with Gasteiger partial charge in [0.25, 0.3) is 0 Å². The zero-order chi connectivity index (χ0) is 22.7. The number of halogens is 1. The van der Waals surface area contributed by atoms with E-state index in [2.05, 4.69) is 34.6 Å². The molecule has 0 radical (unpaired) electrons. The van der Waals surface area contributed by atoms with E-state index in [-0.39, 0.29) is 30.6 Å². The van der Waals surface area contributed by atoms with Gasteiger partial charge in [0.2, 0.25) is 0 Å². The van der Waals surface area contributed by atoms with Crippen LogP contribution < -0.4 is 5.32 Å². The molecule has 0 aliphatic heterocycles. The van der Waals surface area contributed by atoms with Gasteiger partial charge in [-0.3, -0.25) is 0 Å². The van der Waals surface area contributed by atoms with Gasteiger partial charge in [-0.15, -0.1) is 0 Å². The highest BCUT2D eigenvalue weighted by Gasteiger charge is 2.29. The molecule has 166 valence electrons. The van der Waals surface area contributed by atoms with Crippen molar-refractivity contribution >= 4 is 17.7 Å². The molecule has 1 aliphatic carbocycles. The number of alkyl carbamates (subject to hydrolysis) is 1. The first-order valence-corrected chi connectivity index (χ1v) is 10.9. The largest absolute Gasteiger partial charge is 0.449 e. The van der Waals surface area contributed by atoms with Gasteiger partial charge in [0.15, 0.2) is 0 Å². The number of aromatic nitrogens is 1. The third-order valence-corrected chi connectivity index (χ3v) is 6.06. The van der Waals surface area contributed by atoms with Crippen molar-refractivity contribution in [1.82, 2.24) is 10.3 Å². The smallest absolute Gasteiger partial charge is 0.407 e. The molecule has 1 aliphatic rings. The minimum absolute atomic E-state index is 0.0169. The molecular weight excluding hydrogens is 428 g/mol. The van der Waals surface area contributed by atoms with Crippen LogP contribution in [0.1, 0.15) is 40.8 Å². The minimum Gasteiger partial charge on any atom is -0.449 e. The fourth-order valence-electron chi connectivity index (χ4n) is 4.09. The van der Waals surface area contributed by atoms with Gasteiger partial charge in [0.05, 0.1) is 6.10 Å². The lowest BCUT2D eigenvalue weighted by atomic mass is 9.98. The molecule has 0 saturated carbocycles. The zero-order valence-electron chi connectivity index (χ0n) is 17.7. The van der Waals surface area contributed by atoms with Crippen molar-refractivity contribution in [3.05, 3.63) is 88.2 Å². The second-order valence-corrected chi connectivity index (χ2v) is 8.24. The van der Waals surface area contributed by atoms with Crippen LogP contribution in [0.4, 0.5) is 4.79 Å². The molecule has 2 aromatic carbocycles. The number of pyridine rings is 1. The molecule has 1 heterocycles. The van der Waals surface area contributed by atoms with E-state index >= 15 is 0 Å². The highest BCUT2D eigenvalue weighted by molar-refractivity contribution is 6.30. The number of hydrogen-bond acceptors (Lipinski definition) is 5. The number of hydrogen-bond donors (Lipinski definition) is 3. The molecule has 1 aromatic heterocycles. The molecule has 0 saturated heterocycles. The Morgan fingerprint density at radius 3 is 2.31 bits per heavy atom. The average molecular weight is 453 g/mol. The zero-order valence-corrected chi connectivity index (χ0v) is 18.4. The number of nitrogens with zero attached hydrogens (tertiary/aromatic N) is 1. The van der Waals surface area contributed by atoms with Crippen molar-refractivity contribution in [1.29, 1.82) is 0 Å². The highest BCUT2D eigenvalue weighted by Crippen LogP contribution is 2.44. The van der Waals surface area contributed by atoms with Gasteiger partial charge in [-0.2, -0.15) is 0 Å². The summed E-state index contributed by atoms with van der Waals surface area (Å²) >= 11 is 6.06. The van der Waals surface area contributed by atoms with E-state index in [4.69, 9.17) is 16.3 Å². The molecule has 0 spiro atoms. The topological polar surface area (TPSA) is 91.7 Å². The summed E-state index contributed by atoms with van der Waals surface area (Å²) in [6, 6.07) is 19.6. The number of aliphatic hydroxyl groups excluding tert-OH is 2. The van der Waals surface area contributed by atoms with E-state index in [1.54, 1.807) is 19.1 Å². The number of ether oxygens (including phenoxy) is 1. The van der Waals surface area contributed by atoms with Crippen LogP contribution in [0.15, 0.2) is 60.7 Å². The number of carbonyl (C=O) groups is 1. The van der Waals surface area contributed by atoms with Crippen LogP contribution in [0, 0.1) is 6.92 Å². The molecule has 2 unspecified atom stereocenters. The number of aliphatic hydroxyl groups is 2. The molecule has 0 fully saturated rings. The van der Waals surface area contributed by atoms with Gasteiger partial charge >= 0.3 is 6.09 Å². The highest BCUT2D eigenvalue weighted by atomic mass is 35.5. The van der Waals surface area contributed by atoms with Gasteiger partial charge < -0.3 is 20.3 Å². The Morgan fingerprint density at radius 2 is 1.69 bits per heavy atom. The number of aryl methyl sites for hydroxylation is 1. The van der Waals surface area contributed by atoms with Crippen LogP contribution in [0.5, 0.6) is 0 Å². The molecule has 32 heavy (non-hydrogen) atoms. The van der Waals surface area contributed by atoms with Gasteiger partial charge in [0.1, 0.15) is 17.9 Å². The SMILES string of the molecule is Cc1ccc(C(O)C(O)CCNC(=O)OCC2c3ccccc3-c3ccccc32)c(Cl)n1. The molecule has 7 heteroatoms. The summed E-state index contributed by atoms with van der Waals surface area (Å²) in [6.07, 6.45) is -2.73. The molecule has 1 amide bonds. The predicted octanol–water partition coefficient (Wildman–Crippen LogP) is 4.37. The quantitative estimate of drug-likeness (QED) is 0.463. The van der Waals surface area contributed by atoms with E-state index in [0.29, 0.717) is 5.56 Å². The van der Waals surface area contributed by atoms with Crippen LogP contribution >= 0.6 is 11.6 Å². The normalized spacial score (nSPS) is 14.4. The Labute approximate surface area is 191 Å². The third kappa shape index (κ3) is 4.63. The maximum atomic E-state index is 12.2. The molecule has 3 N–H and O–H groups in total. The maximum absolute atomic E-state index is 12.2. The first-order chi connectivity index (χ1) is 15.5. The first kappa shape index (κ1) is 22.3. The number of rotatable bonds is 7. The van der Waals surface area contributed by atoms with Crippen molar-refractivity contribution in [2.24, 2.45) is 0 Å². The van der Waals surface area contributed by atoms with Crippen molar-refractivity contribution in [3.8, 4) is 11.1 Å². The fourth-order valence-corrected chi connectivity index (χ4v) is 4.40. The average Bonchev–Trinajstić information content (AvgIpc) is 3.11. The number of carbonyl (C=O) groups excluding carboxylic acids is 1. The number of benzene rings is 2. The molecule has 3 aromatic rings. The first-order valence-electron chi connectivity index (χ1n) is 10.5. The Bertz CT molecular complexity index is 1080. The Morgan fingerprint density at radius 1 is 1.06 bits per heavy atom. The van der Waals surface area contributed by atoms with E-state index in [1.807, 2.05) is 24.3 Å². The van der Waals surface area contributed by atoms with Crippen LogP contribution in [0.25, 0.3) is 11.1 Å². The summed E-state index contributed by atoms with van der Waals surface area (Å²) in [7, 11) is 0. The predicted molar refractivity (Wildman–Crippen MR) is 123 cm³/mol. The van der Waals surface area contributed by atoms with E-state index < -0.39 is 18.3 Å². The van der Waals surface area contributed by atoms with E-state index in [0.717, 1.165) is 16.8 Å². The van der Waals surface area contributed by atoms with Gasteiger partial charge in [-0.25, -0.2) is 9.78 Å². The Kier molecular flexibility index (Phi) is 6.74. The summed E-state index contributed by atoms with van der Waals surface area (Å²) in [5, 5.41) is 23.4. The summed E-state index contributed by atoms with van der Waals surface area (Å²) in [5.41, 5.74) is 5.69. The van der Waals surface area contributed by atoms with Crippen LogP contribution in [0.3, 0.4) is 0 Å². The van der Waals surface area contributed by atoms with Crippen LogP contribution in [-0.4, -0.2) is 40.5 Å². The lowest BCUT2D eigenvalue weighted by Gasteiger charge is -2.19. The lowest BCUT2D eigenvalue weighted by Crippen LogP contribution is -2.30. The fraction of sp³-hybridized carbons (Fsp3) is 0.280. The number of fused-ring (bicyclic) bond motifs is 3. The molecule has 0 bridgehead atoms.